The van der Waals surface area contributed by atoms with Crippen LogP contribution in [-0.4, -0.2) is 109 Å². The van der Waals surface area contributed by atoms with E-state index in [1.807, 2.05) is 13.8 Å². The molecule has 11 heteroatoms. The molecular weight excluding hydrogens is 528 g/mol. The number of morpholine rings is 1. The molecule has 226 valence electrons. The van der Waals surface area contributed by atoms with E-state index in [2.05, 4.69) is 15.5 Å². The summed E-state index contributed by atoms with van der Waals surface area (Å²) in [4.78, 5) is 45.8. The highest BCUT2D eigenvalue weighted by molar-refractivity contribution is 6.02. The van der Waals surface area contributed by atoms with Crippen molar-refractivity contribution in [1.29, 1.82) is 0 Å². The fraction of sp³-hybridized carbons (Fsp3) is 0.700. The van der Waals surface area contributed by atoms with Gasteiger partial charge in [0.05, 0.1) is 37.3 Å². The first-order valence-electron chi connectivity index (χ1n) is 15.1. The van der Waals surface area contributed by atoms with Gasteiger partial charge < -0.3 is 34.9 Å². The Kier molecular flexibility index (Phi) is 9.18. The van der Waals surface area contributed by atoms with Gasteiger partial charge >= 0.3 is 0 Å². The molecule has 1 spiro atoms. The first-order chi connectivity index (χ1) is 19.9. The quantitative estimate of drug-likeness (QED) is 0.303. The average Bonchev–Trinajstić information content (AvgIpc) is 3.58. The third-order valence-electron chi connectivity index (χ3n) is 9.28. The maximum absolute atomic E-state index is 14.1. The number of nitrogens with zero attached hydrogens (tertiary/aromatic N) is 2. The second kappa shape index (κ2) is 12.6. The summed E-state index contributed by atoms with van der Waals surface area (Å²) in [6, 6.07) is 6.35. The average molecular weight is 573 g/mol. The Bertz CT molecular complexity index is 1090. The number of aliphatic hydroxyl groups is 1. The molecule has 4 fully saturated rings. The molecule has 11 nitrogen and oxygen atoms in total. The molecular formula is C30H44N4O7. The molecule has 1 aromatic rings. The van der Waals surface area contributed by atoms with Gasteiger partial charge in [-0.15, -0.1) is 0 Å². The Balaban J connectivity index is 1.38. The molecule has 0 radical (unpaired) electrons. The number of amides is 3. The summed E-state index contributed by atoms with van der Waals surface area (Å²) in [7, 11) is 0. The Morgan fingerprint density at radius 2 is 1.83 bits per heavy atom. The zero-order valence-corrected chi connectivity index (χ0v) is 24.2. The van der Waals surface area contributed by atoms with E-state index in [0.29, 0.717) is 83.0 Å². The maximum Gasteiger partial charge on any atom is 0.245 e. The van der Waals surface area contributed by atoms with Gasteiger partial charge in [0.25, 0.3) is 0 Å². The molecule has 0 aromatic heterocycles. The Hall–Kier alpha value is -2.73. The van der Waals surface area contributed by atoms with Gasteiger partial charge in [-0.05, 0) is 63.3 Å². The molecule has 2 unspecified atom stereocenters. The van der Waals surface area contributed by atoms with E-state index in [1.54, 1.807) is 29.2 Å². The molecule has 4 heterocycles. The van der Waals surface area contributed by atoms with Gasteiger partial charge in [0.2, 0.25) is 17.7 Å². The lowest BCUT2D eigenvalue weighted by molar-refractivity contribution is -0.146. The Labute approximate surface area is 241 Å². The molecule has 3 amide bonds. The number of aliphatic hydroxyl groups excluding tert-OH is 1. The molecule has 41 heavy (non-hydrogen) atoms. The summed E-state index contributed by atoms with van der Waals surface area (Å²) in [5.41, 5.74) is -1.25. The molecule has 4 aliphatic rings. The molecule has 4 aliphatic heterocycles. The first-order valence-corrected chi connectivity index (χ1v) is 15.1. The number of carbonyl (C=O) groups is 3. The number of carbonyl (C=O) groups excluding carboxylic acids is 3. The lowest BCUT2D eigenvalue weighted by Gasteiger charge is -2.34. The molecule has 5 rings (SSSR count). The van der Waals surface area contributed by atoms with Crippen molar-refractivity contribution in [2.45, 2.75) is 63.2 Å². The molecule has 2 bridgehead atoms. The van der Waals surface area contributed by atoms with Crippen LogP contribution in [0.4, 0.5) is 5.69 Å². The fourth-order valence-electron chi connectivity index (χ4n) is 7.33. The van der Waals surface area contributed by atoms with Gasteiger partial charge in [0.15, 0.2) is 0 Å². The van der Waals surface area contributed by atoms with Crippen molar-refractivity contribution >= 4 is 23.4 Å². The number of fused-ring (bicyclic) bond motifs is 1. The highest BCUT2D eigenvalue weighted by atomic mass is 16.5. The molecule has 0 saturated carbocycles. The summed E-state index contributed by atoms with van der Waals surface area (Å²) in [6.07, 6.45) is 2.80. The van der Waals surface area contributed by atoms with E-state index >= 15 is 0 Å². The predicted molar refractivity (Wildman–Crippen MR) is 151 cm³/mol. The van der Waals surface area contributed by atoms with E-state index in [1.165, 1.54) is 0 Å². The molecule has 3 N–H and O–H groups in total. The Morgan fingerprint density at radius 3 is 2.51 bits per heavy atom. The summed E-state index contributed by atoms with van der Waals surface area (Å²) < 4.78 is 17.7. The van der Waals surface area contributed by atoms with Crippen molar-refractivity contribution in [3.63, 3.8) is 0 Å². The summed E-state index contributed by atoms with van der Waals surface area (Å²) in [5, 5.41) is 15.5. The van der Waals surface area contributed by atoms with Crippen LogP contribution in [0.5, 0.6) is 5.75 Å². The van der Waals surface area contributed by atoms with Crippen LogP contribution < -0.4 is 15.4 Å². The zero-order chi connectivity index (χ0) is 29.0. The van der Waals surface area contributed by atoms with Crippen LogP contribution >= 0.6 is 0 Å². The van der Waals surface area contributed by atoms with Crippen LogP contribution in [0.1, 0.15) is 46.0 Å². The van der Waals surface area contributed by atoms with E-state index in [-0.39, 0.29) is 24.3 Å². The Morgan fingerprint density at radius 1 is 1.07 bits per heavy atom. The highest BCUT2D eigenvalue weighted by Crippen LogP contribution is 2.64. The van der Waals surface area contributed by atoms with E-state index in [4.69, 9.17) is 14.2 Å². The van der Waals surface area contributed by atoms with Crippen molar-refractivity contribution < 1.29 is 33.7 Å². The molecule has 5 atom stereocenters. The van der Waals surface area contributed by atoms with Gasteiger partial charge in [-0.2, -0.15) is 0 Å². The minimum Gasteiger partial charge on any atom is -0.494 e. The first kappa shape index (κ1) is 29.8. The minimum absolute atomic E-state index is 0.00950. The topological polar surface area (TPSA) is 130 Å². The van der Waals surface area contributed by atoms with Crippen LogP contribution in [0, 0.1) is 11.8 Å². The summed E-state index contributed by atoms with van der Waals surface area (Å²) in [6.45, 7) is 8.94. The maximum atomic E-state index is 14.1. The highest BCUT2D eigenvalue weighted by Gasteiger charge is 2.78. The number of rotatable bonds is 13. The van der Waals surface area contributed by atoms with Crippen LogP contribution in [0.2, 0.25) is 0 Å². The van der Waals surface area contributed by atoms with Crippen molar-refractivity contribution in [1.82, 2.24) is 15.1 Å². The van der Waals surface area contributed by atoms with Gasteiger partial charge in [-0.3, -0.25) is 19.3 Å². The third-order valence-corrected chi connectivity index (χ3v) is 9.28. The monoisotopic (exact) mass is 572 g/mol. The van der Waals surface area contributed by atoms with Crippen LogP contribution in [0.25, 0.3) is 0 Å². The minimum atomic E-state index is -1.06. The van der Waals surface area contributed by atoms with E-state index in [0.717, 1.165) is 13.1 Å². The predicted octanol–water partition coefficient (Wildman–Crippen LogP) is 1.40. The van der Waals surface area contributed by atoms with Crippen molar-refractivity contribution in [3.8, 4) is 5.75 Å². The van der Waals surface area contributed by atoms with Gasteiger partial charge in [0, 0.05) is 45.0 Å². The number of nitrogens with one attached hydrogen (secondary N) is 2. The van der Waals surface area contributed by atoms with Gasteiger partial charge in [-0.1, -0.05) is 6.92 Å². The van der Waals surface area contributed by atoms with Crippen molar-refractivity contribution in [2.24, 2.45) is 11.8 Å². The smallest absolute Gasteiger partial charge is 0.245 e. The van der Waals surface area contributed by atoms with Crippen LogP contribution in [-0.2, 0) is 23.9 Å². The van der Waals surface area contributed by atoms with Gasteiger partial charge in [-0.25, -0.2) is 0 Å². The summed E-state index contributed by atoms with van der Waals surface area (Å²) in [5.74, 6) is -1.46. The number of ether oxygens (including phenoxy) is 3. The number of hydrogen-bond acceptors (Lipinski definition) is 8. The van der Waals surface area contributed by atoms with E-state index in [9.17, 15) is 19.5 Å². The third kappa shape index (κ3) is 5.57. The zero-order valence-electron chi connectivity index (χ0n) is 24.2. The van der Waals surface area contributed by atoms with Crippen LogP contribution in [0.3, 0.4) is 0 Å². The SMILES string of the molecule is CCOc1ccc(NC(=O)[C@H]2[C@H]3C(=O)N(CCCCO)C(C(=O)NCCN4CCOCC4)C34CC[C@]2(CC)O4)cc1. The second-order valence-corrected chi connectivity index (χ2v) is 11.5. The number of anilines is 1. The van der Waals surface area contributed by atoms with Crippen LogP contribution in [0.15, 0.2) is 24.3 Å². The number of likely N-dealkylation sites (tertiary alicyclic amines) is 1. The van der Waals surface area contributed by atoms with E-state index < -0.39 is 29.1 Å². The number of unbranched alkanes of at least 4 members (excludes halogenated alkanes) is 1. The molecule has 0 aliphatic carbocycles. The fourth-order valence-corrected chi connectivity index (χ4v) is 7.33. The molecule has 4 saturated heterocycles. The van der Waals surface area contributed by atoms with Crippen molar-refractivity contribution in [3.05, 3.63) is 24.3 Å². The van der Waals surface area contributed by atoms with Crippen molar-refractivity contribution in [2.75, 3.05) is 64.5 Å². The lowest BCUT2D eigenvalue weighted by atomic mass is 9.65. The summed E-state index contributed by atoms with van der Waals surface area (Å²) >= 11 is 0. The number of hydrogen-bond donors (Lipinski definition) is 3. The normalized spacial score (nSPS) is 30.9. The largest absolute Gasteiger partial charge is 0.494 e. The second-order valence-electron chi connectivity index (χ2n) is 11.5. The standard InChI is InChI=1S/C30H44N4O7/c1-3-29-11-12-30(41-29)24(23(29)26(36)32-21-7-9-22(10-8-21)40-4-2)28(38)34(14-5-6-18-35)25(30)27(37)31-13-15-33-16-19-39-20-17-33/h7-10,23-25,35H,3-6,11-20H2,1-2H3,(H,31,37)(H,32,36)/t23-,24+,25?,29+,30?/m1/s1. The lowest BCUT2D eigenvalue weighted by Crippen LogP contribution is -2.56. The van der Waals surface area contributed by atoms with Gasteiger partial charge in [0.1, 0.15) is 17.4 Å². The number of benzene rings is 1. The molecule has 1 aromatic carbocycles.